The van der Waals surface area contributed by atoms with E-state index in [1.807, 2.05) is 78.1 Å². The van der Waals surface area contributed by atoms with E-state index >= 15 is 0 Å². The maximum Gasteiger partial charge on any atom is 0.210 e. The number of nitrogens with zero attached hydrogens (tertiary/aromatic N) is 2. The molecule has 1 fully saturated rings. The fraction of sp³-hybridized carbons (Fsp3) is 0.360. The summed E-state index contributed by atoms with van der Waals surface area (Å²) in [5.74, 6) is -0.0179. The SMILES string of the molecule is C/C=C(\C=C/c1c(C(=O)c2ccccc2)cn(CCCO)c1C)CN(C=O)C1CC1. The molecule has 0 aliphatic heterocycles. The van der Waals surface area contributed by atoms with Crippen LogP contribution in [-0.2, 0) is 11.3 Å². The first-order valence-electron chi connectivity index (χ1n) is 10.5. The number of benzene rings is 1. The van der Waals surface area contributed by atoms with Gasteiger partial charge in [-0.15, -0.1) is 0 Å². The summed E-state index contributed by atoms with van der Waals surface area (Å²) in [6.45, 7) is 5.30. The summed E-state index contributed by atoms with van der Waals surface area (Å²) in [4.78, 5) is 26.4. The Balaban J connectivity index is 1.91. The van der Waals surface area contributed by atoms with E-state index in [-0.39, 0.29) is 12.4 Å². The van der Waals surface area contributed by atoms with E-state index in [1.54, 1.807) is 0 Å². The number of aliphatic hydroxyl groups excluding tert-OH is 1. The highest BCUT2D eigenvalue weighted by Crippen LogP contribution is 2.27. The van der Waals surface area contributed by atoms with Gasteiger partial charge in [-0.3, -0.25) is 9.59 Å². The summed E-state index contributed by atoms with van der Waals surface area (Å²) in [7, 11) is 0. The Labute approximate surface area is 178 Å². The Hall–Kier alpha value is -2.92. The third kappa shape index (κ3) is 5.16. The standard InChI is InChI=1S/C25H30N2O3/c1-3-20(16-27(18-29)22-11-12-22)10-13-23-19(2)26(14-7-15-28)17-24(23)25(30)21-8-5-4-6-9-21/h3-6,8-10,13,17-18,22,28H,7,11-12,14-16H2,1-2H3/b13-10-,20-3+. The van der Waals surface area contributed by atoms with Crippen molar-refractivity contribution in [2.75, 3.05) is 13.2 Å². The molecule has 1 N–H and O–H groups in total. The van der Waals surface area contributed by atoms with Crippen LogP contribution in [0, 0.1) is 6.92 Å². The summed E-state index contributed by atoms with van der Waals surface area (Å²) in [6.07, 6.45) is 11.6. The Morgan fingerprint density at radius 3 is 2.60 bits per heavy atom. The lowest BCUT2D eigenvalue weighted by atomic mass is 10.0. The lowest BCUT2D eigenvalue weighted by molar-refractivity contribution is -0.118. The van der Waals surface area contributed by atoms with Gasteiger partial charge in [0.15, 0.2) is 5.78 Å². The molecule has 1 aromatic heterocycles. The fourth-order valence-corrected chi connectivity index (χ4v) is 3.58. The molecule has 5 nitrogen and oxygen atoms in total. The molecule has 158 valence electrons. The first kappa shape index (κ1) is 21.8. The molecule has 0 saturated heterocycles. The number of allylic oxidation sites excluding steroid dienone is 1. The van der Waals surface area contributed by atoms with Crippen molar-refractivity contribution in [2.24, 2.45) is 0 Å². The lowest BCUT2D eigenvalue weighted by Gasteiger charge is -2.16. The van der Waals surface area contributed by atoms with Gasteiger partial charge in [0.25, 0.3) is 0 Å². The number of aryl methyl sites for hydroxylation is 1. The van der Waals surface area contributed by atoms with Crippen molar-refractivity contribution in [2.45, 2.75) is 45.7 Å². The zero-order valence-corrected chi connectivity index (χ0v) is 17.8. The molecule has 0 radical (unpaired) electrons. The van der Waals surface area contributed by atoms with Gasteiger partial charge in [0.2, 0.25) is 6.41 Å². The summed E-state index contributed by atoms with van der Waals surface area (Å²) in [5.41, 5.74) is 4.21. The van der Waals surface area contributed by atoms with Crippen LogP contribution in [-0.4, -0.2) is 46.0 Å². The smallest absolute Gasteiger partial charge is 0.210 e. The second-order valence-electron chi connectivity index (χ2n) is 7.71. The molecule has 1 saturated carbocycles. The first-order valence-corrected chi connectivity index (χ1v) is 10.5. The van der Waals surface area contributed by atoms with Crippen LogP contribution in [0.25, 0.3) is 6.08 Å². The predicted molar refractivity (Wildman–Crippen MR) is 119 cm³/mol. The maximum atomic E-state index is 13.2. The number of aliphatic hydroxyl groups is 1. The van der Waals surface area contributed by atoms with Crippen molar-refractivity contribution in [3.05, 3.63) is 76.6 Å². The Morgan fingerprint density at radius 1 is 1.27 bits per heavy atom. The largest absolute Gasteiger partial charge is 0.396 e. The first-order chi connectivity index (χ1) is 14.6. The van der Waals surface area contributed by atoms with Crippen molar-refractivity contribution < 1.29 is 14.7 Å². The van der Waals surface area contributed by atoms with Gasteiger partial charge in [0.1, 0.15) is 0 Å². The minimum Gasteiger partial charge on any atom is -0.396 e. The topological polar surface area (TPSA) is 62.5 Å². The van der Waals surface area contributed by atoms with Crippen molar-refractivity contribution in [3.8, 4) is 0 Å². The molecule has 5 heteroatoms. The average Bonchev–Trinajstić information content (AvgIpc) is 3.57. The summed E-state index contributed by atoms with van der Waals surface area (Å²) in [6, 6.07) is 9.63. The third-order valence-corrected chi connectivity index (χ3v) is 5.58. The molecule has 0 bridgehead atoms. The van der Waals surface area contributed by atoms with Crippen LogP contribution in [0.3, 0.4) is 0 Å². The minimum atomic E-state index is -0.0179. The van der Waals surface area contributed by atoms with Crippen LogP contribution in [0.4, 0.5) is 0 Å². The summed E-state index contributed by atoms with van der Waals surface area (Å²) < 4.78 is 2.03. The van der Waals surface area contributed by atoms with E-state index in [1.165, 1.54) is 0 Å². The predicted octanol–water partition coefficient (Wildman–Crippen LogP) is 3.99. The van der Waals surface area contributed by atoms with Crippen molar-refractivity contribution in [3.63, 3.8) is 0 Å². The number of carbonyl (C=O) groups is 2. The van der Waals surface area contributed by atoms with Gasteiger partial charge in [-0.2, -0.15) is 0 Å². The Morgan fingerprint density at radius 2 is 2.00 bits per heavy atom. The molecule has 1 aromatic carbocycles. The number of hydrogen-bond acceptors (Lipinski definition) is 3. The molecule has 1 heterocycles. The van der Waals surface area contributed by atoms with Gasteiger partial charge in [-0.1, -0.05) is 48.6 Å². The van der Waals surface area contributed by atoms with Crippen LogP contribution >= 0.6 is 0 Å². The average molecular weight is 407 g/mol. The second kappa shape index (κ2) is 10.2. The van der Waals surface area contributed by atoms with Gasteiger partial charge < -0.3 is 14.6 Å². The highest BCUT2D eigenvalue weighted by Gasteiger charge is 2.28. The summed E-state index contributed by atoms with van der Waals surface area (Å²) >= 11 is 0. The van der Waals surface area contributed by atoms with Crippen molar-refractivity contribution in [1.82, 2.24) is 9.47 Å². The van der Waals surface area contributed by atoms with Gasteiger partial charge in [0, 0.05) is 54.3 Å². The number of ketones is 1. The Kier molecular flexibility index (Phi) is 7.41. The highest BCUT2D eigenvalue weighted by molar-refractivity contribution is 6.11. The number of aromatic nitrogens is 1. The molecule has 0 atom stereocenters. The molecule has 0 unspecified atom stereocenters. The lowest BCUT2D eigenvalue weighted by Crippen LogP contribution is -2.26. The Bertz CT molecular complexity index is 937. The zero-order chi connectivity index (χ0) is 21.5. The molecule has 30 heavy (non-hydrogen) atoms. The van der Waals surface area contributed by atoms with Gasteiger partial charge in [-0.05, 0) is 38.7 Å². The van der Waals surface area contributed by atoms with Crippen LogP contribution in [0.5, 0.6) is 0 Å². The zero-order valence-electron chi connectivity index (χ0n) is 17.8. The van der Waals surface area contributed by atoms with E-state index < -0.39 is 0 Å². The molecule has 1 aliphatic rings. The quantitative estimate of drug-likeness (QED) is 0.349. The van der Waals surface area contributed by atoms with E-state index in [2.05, 4.69) is 0 Å². The third-order valence-electron chi connectivity index (χ3n) is 5.58. The van der Waals surface area contributed by atoms with Crippen LogP contribution in [0.2, 0.25) is 0 Å². The van der Waals surface area contributed by atoms with Gasteiger partial charge in [-0.25, -0.2) is 0 Å². The van der Waals surface area contributed by atoms with Gasteiger partial charge >= 0.3 is 0 Å². The number of carbonyl (C=O) groups excluding carboxylic acids is 2. The van der Waals surface area contributed by atoms with Crippen LogP contribution < -0.4 is 0 Å². The minimum absolute atomic E-state index is 0.0179. The molecule has 3 rings (SSSR count). The van der Waals surface area contributed by atoms with Crippen LogP contribution in [0.1, 0.15) is 53.4 Å². The molecule has 1 aliphatic carbocycles. The van der Waals surface area contributed by atoms with E-state index in [4.69, 9.17) is 0 Å². The molecule has 2 aromatic rings. The van der Waals surface area contributed by atoms with Crippen molar-refractivity contribution >= 4 is 18.3 Å². The molecule has 1 amide bonds. The normalized spacial score (nSPS) is 14.3. The molecular weight excluding hydrogens is 376 g/mol. The monoisotopic (exact) mass is 406 g/mol. The molecular formula is C25H30N2O3. The van der Waals surface area contributed by atoms with E-state index in [9.17, 15) is 14.7 Å². The number of rotatable bonds is 11. The van der Waals surface area contributed by atoms with Gasteiger partial charge in [0.05, 0.1) is 0 Å². The second-order valence-corrected chi connectivity index (χ2v) is 7.71. The van der Waals surface area contributed by atoms with E-state index in [0.717, 1.165) is 36.1 Å². The van der Waals surface area contributed by atoms with E-state index in [0.29, 0.717) is 36.7 Å². The van der Waals surface area contributed by atoms with Crippen LogP contribution in [0.15, 0.2) is 54.3 Å². The summed E-state index contributed by atoms with van der Waals surface area (Å²) in [5, 5.41) is 9.21. The molecule has 0 spiro atoms. The fourth-order valence-electron chi connectivity index (χ4n) is 3.58. The van der Waals surface area contributed by atoms with Crippen molar-refractivity contribution in [1.29, 1.82) is 0 Å². The highest BCUT2D eigenvalue weighted by atomic mass is 16.3. The number of amides is 1. The maximum absolute atomic E-state index is 13.2. The number of hydrogen-bond donors (Lipinski definition) is 1.